The molecule has 0 atom stereocenters. The molecule has 3 aromatic carbocycles. The van der Waals surface area contributed by atoms with Gasteiger partial charge in [0.25, 0.3) is 0 Å². The molecule has 4 rings (SSSR count). The Labute approximate surface area is 201 Å². The average molecular weight is 475 g/mol. The van der Waals surface area contributed by atoms with Gasteiger partial charge in [-0.25, -0.2) is 4.39 Å². The molecule has 0 fully saturated rings. The van der Waals surface area contributed by atoms with Crippen LogP contribution in [0.4, 0.5) is 4.39 Å². The summed E-state index contributed by atoms with van der Waals surface area (Å²) in [4.78, 5) is 12.4. The Morgan fingerprint density at radius 2 is 1.85 bits per heavy atom. The van der Waals surface area contributed by atoms with Crippen molar-refractivity contribution in [2.45, 2.75) is 17.5 Å². The van der Waals surface area contributed by atoms with Crippen molar-refractivity contribution in [3.63, 3.8) is 0 Å². The van der Waals surface area contributed by atoms with E-state index in [9.17, 15) is 9.18 Å². The van der Waals surface area contributed by atoms with Crippen molar-refractivity contribution in [2.75, 3.05) is 7.11 Å². The van der Waals surface area contributed by atoms with E-state index < -0.39 is 0 Å². The maximum atomic E-state index is 13.3. The number of amides is 1. The standard InChI is InChI=1S/C26H23FN4O2S/c1-33-23-13-11-22(12-14-23)31-24(29-30-26(31)34-18-20-6-3-2-4-7-20)17-28-25(32)15-10-19-8-5-9-21(27)16-19/h2-16H,17-18H2,1H3,(H,28,32). The summed E-state index contributed by atoms with van der Waals surface area (Å²) in [6.07, 6.45) is 2.93. The average Bonchev–Trinajstić information content (AvgIpc) is 3.28. The molecule has 172 valence electrons. The fourth-order valence-electron chi connectivity index (χ4n) is 3.23. The van der Waals surface area contributed by atoms with Gasteiger partial charge in [0.15, 0.2) is 11.0 Å². The summed E-state index contributed by atoms with van der Waals surface area (Å²) in [6, 6.07) is 23.7. The Morgan fingerprint density at radius 3 is 2.59 bits per heavy atom. The van der Waals surface area contributed by atoms with Gasteiger partial charge in [0.2, 0.25) is 5.91 Å². The van der Waals surface area contributed by atoms with Crippen LogP contribution >= 0.6 is 11.8 Å². The second-order valence-corrected chi connectivity index (χ2v) is 8.26. The van der Waals surface area contributed by atoms with Crippen LogP contribution in [0.1, 0.15) is 17.0 Å². The highest BCUT2D eigenvalue weighted by atomic mass is 32.2. The van der Waals surface area contributed by atoms with Crippen LogP contribution in [-0.2, 0) is 17.1 Å². The second kappa shape index (κ2) is 11.3. The van der Waals surface area contributed by atoms with Gasteiger partial charge in [0.05, 0.1) is 13.7 Å². The molecule has 0 aliphatic heterocycles. The SMILES string of the molecule is COc1ccc(-n2c(CNC(=O)C=Cc3cccc(F)c3)nnc2SCc2ccccc2)cc1. The van der Waals surface area contributed by atoms with Gasteiger partial charge in [0, 0.05) is 17.5 Å². The van der Waals surface area contributed by atoms with Gasteiger partial charge in [-0.05, 0) is 53.6 Å². The number of halogens is 1. The molecule has 0 bridgehead atoms. The molecule has 0 unspecified atom stereocenters. The van der Waals surface area contributed by atoms with Gasteiger partial charge in [-0.2, -0.15) is 0 Å². The third-order valence-corrected chi connectivity index (χ3v) is 5.94. The number of methoxy groups -OCH3 is 1. The highest BCUT2D eigenvalue weighted by molar-refractivity contribution is 7.98. The van der Waals surface area contributed by atoms with Gasteiger partial charge in [-0.15, -0.1) is 10.2 Å². The Kier molecular flexibility index (Phi) is 7.72. The summed E-state index contributed by atoms with van der Waals surface area (Å²) < 4.78 is 20.5. The van der Waals surface area contributed by atoms with Crippen LogP contribution in [0.15, 0.2) is 90.1 Å². The number of aromatic nitrogens is 3. The van der Waals surface area contributed by atoms with Gasteiger partial charge in [-0.1, -0.05) is 54.2 Å². The maximum absolute atomic E-state index is 13.3. The molecule has 6 nitrogen and oxygen atoms in total. The molecule has 0 saturated heterocycles. The van der Waals surface area contributed by atoms with Crippen molar-refractivity contribution in [1.29, 1.82) is 0 Å². The zero-order valence-corrected chi connectivity index (χ0v) is 19.3. The summed E-state index contributed by atoms with van der Waals surface area (Å²) in [7, 11) is 1.62. The lowest BCUT2D eigenvalue weighted by molar-refractivity contribution is -0.116. The fraction of sp³-hybridized carbons (Fsp3) is 0.115. The first-order valence-corrected chi connectivity index (χ1v) is 11.6. The number of rotatable bonds is 9. The van der Waals surface area contributed by atoms with E-state index in [2.05, 4.69) is 27.6 Å². The largest absolute Gasteiger partial charge is 0.497 e. The van der Waals surface area contributed by atoms with Crippen molar-refractivity contribution < 1.29 is 13.9 Å². The first kappa shape index (κ1) is 23.3. The lowest BCUT2D eigenvalue weighted by Gasteiger charge is -2.11. The van der Waals surface area contributed by atoms with Crippen molar-refractivity contribution in [3.8, 4) is 11.4 Å². The minimum absolute atomic E-state index is 0.178. The monoisotopic (exact) mass is 474 g/mol. The zero-order valence-electron chi connectivity index (χ0n) is 18.5. The Hall–Kier alpha value is -3.91. The number of ether oxygens (including phenoxy) is 1. The molecule has 4 aromatic rings. The number of carbonyl (C=O) groups is 1. The first-order chi connectivity index (χ1) is 16.6. The number of nitrogens with one attached hydrogen (secondary N) is 1. The molecule has 8 heteroatoms. The van der Waals surface area contributed by atoms with Crippen molar-refractivity contribution in [1.82, 2.24) is 20.1 Å². The molecule has 0 saturated carbocycles. The van der Waals surface area contributed by atoms with Gasteiger partial charge in [0.1, 0.15) is 11.6 Å². The number of thioether (sulfide) groups is 1. The fourth-order valence-corrected chi connectivity index (χ4v) is 4.15. The molecule has 0 aliphatic rings. The molecule has 0 radical (unpaired) electrons. The quantitative estimate of drug-likeness (QED) is 0.272. The van der Waals surface area contributed by atoms with Gasteiger partial charge >= 0.3 is 0 Å². The smallest absolute Gasteiger partial charge is 0.244 e. The third-order valence-electron chi connectivity index (χ3n) is 4.94. The highest BCUT2D eigenvalue weighted by Crippen LogP contribution is 2.26. The zero-order chi connectivity index (χ0) is 23.8. The van der Waals surface area contributed by atoms with Crippen LogP contribution in [0.2, 0.25) is 0 Å². The summed E-state index contributed by atoms with van der Waals surface area (Å²) >= 11 is 1.56. The van der Waals surface area contributed by atoms with Crippen molar-refractivity contribution in [3.05, 3.63) is 108 Å². The predicted molar refractivity (Wildman–Crippen MR) is 131 cm³/mol. The van der Waals surface area contributed by atoms with Crippen LogP contribution in [0, 0.1) is 5.82 Å². The highest BCUT2D eigenvalue weighted by Gasteiger charge is 2.15. The molecular formula is C26H23FN4O2S. The van der Waals surface area contributed by atoms with Crippen LogP contribution in [-0.4, -0.2) is 27.8 Å². The topological polar surface area (TPSA) is 69.0 Å². The number of hydrogen-bond donors (Lipinski definition) is 1. The van der Waals surface area contributed by atoms with E-state index in [-0.39, 0.29) is 18.3 Å². The minimum Gasteiger partial charge on any atom is -0.497 e. The molecule has 1 heterocycles. The lowest BCUT2D eigenvalue weighted by atomic mass is 10.2. The number of hydrogen-bond acceptors (Lipinski definition) is 5. The van der Waals surface area contributed by atoms with E-state index >= 15 is 0 Å². The molecular weight excluding hydrogens is 451 g/mol. The number of nitrogens with zero attached hydrogens (tertiary/aromatic N) is 3. The van der Waals surface area contributed by atoms with E-state index in [0.29, 0.717) is 16.5 Å². The summed E-state index contributed by atoms with van der Waals surface area (Å²) in [5, 5.41) is 12.2. The second-order valence-electron chi connectivity index (χ2n) is 7.31. The predicted octanol–water partition coefficient (Wildman–Crippen LogP) is 5.04. The molecule has 0 aliphatic carbocycles. The van der Waals surface area contributed by atoms with Crippen molar-refractivity contribution >= 4 is 23.7 Å². The lowest BCUT2D eigenvalue weighted by Crippen LogP contribution is -2.22. The normalized spacial score (nSPS) is 11.0. The van der Waals surface area contributed by atoms with Crippen LogP contribution < -0.4 is 10.1 Å². The molecule has 1 amide bonds. The van der Waals surface area contributed by atoms with Gasteiger partial charge < -0.3 is 10.1 Å². The van der Waals surface area contributed by atoms with Crippen LogP contribution in [0.5, 0.6) is 5.75 Å². The van der Waals surface area contributed by atoms with Crippen LogP contribution in [0.3, 0.4) is 0 Å². The van der Waals surface area contributed by atoms with E-state index in [1.54, 1.807) is 37.1 Å². The van der Waals surface area contributed by atoms with Crippen molar-refractivity contribution in [2.24, 2.45) is 0 Å². The van der Waals surface area contributed by atoms with E-state index in [1.807, 2.05) is 47.0 Å². The minimum atomic E-state index is -0.351. The number of benzene rings is 3. The Balaban J connectivity index is 1.51. The first-order valence-electron chi connectivity index (χ1n) is 10.6. The molecule has 34 heavy (non-hydrogen) atoms. The molecule has 1 aromatic heterocycles. The van der Waals surface area contributed by atoms with E-state index in [0.717, 1.165) is 17.2 Å². The third kappa shape index (κ3) is 6.11. The number of carbonyl (C=O) groups excluding carboxylic acids is 1. The molecule has 1 N–H and O–H groups in total. The Morgan fingerprint density at radius 1 is 1.06 bits per heavy atom. The summed E-state index contributed by atoms with van der Waals surface area (Å²) in [5.74, 6) is 1.40. The summed E-state index contributed by atoms with van der Waals surface area (Å²) in [6.45, 7) is 0.178. The van der Waals surface area contributed by atoms with Gasteiger partial charge in [-0.3, -0.25) is 9.36 Å². The Bertz CT molecular complexity index is 1270. The maximum Gasteiger partial charge on any atom is 0.244 e. The van der Waals surface area contributed by atoms with E-state index in [4.69, 9.17) is 4.74 Å². The summed E-state index contributed by atoms with van der Waals surface area (Å²) in [5.41, 5.74) is 2.64. The van der Waals surface area contributed by atoms with Crippen LogP contribution in [0.25, 0.3) is 11.8 Å². The van der Waals surface area contributed by atoms with E-state index in [1.165, 1.54) is 23.8 Å². The molecule has 0 spiro atoms.